The average molecular weight is 531 g/mol. The van der Waals surface area contributed by atoms with E-state index < -0.39 is 0 Å². The lowest BCUT2D eigenvalue weighted by molar-refractivity contribution is 1.45. The molecule has 0 aromatic heterocycles. The lowest BCUT2D eigenvalue weighted by Crippen LogP contribution is -1.95. The van der Waals surface area contributed by atoms with Gasteiger partial charge in [-0.2, -0.15) is 26.3 Å². The Balaban J connectivity index is 1.91. The molecule has 5 rings (SSSR count). The minimum atomic E-state index is -0.268. The quantitative estimate of drug-likeness (QED) is 0.258. The van der Waals surface area contributed by atoms with Gasteiger partial charge in [0.15, 0.2) is 5.69 Å². The van der Waals surface area contributed by atoms with Crippen molar-refractivity contribution in [3.8, 4) is 36.4 Å². The van der Waals surface area contributed by atoms with Gasteiger partial charge in [-0.3, -0.25) is 0 Å². The van der Waals surface area contributed by atoms with E-state index in [1.807, 2.05) is 24.3 Å². The van der Waals surface area contributed by atoms with Crippen LogP contribution in [-0.2, 0) is 0 Å². The van der Waals surface area contributed by atoms with Crippen LogP contribution >= 0.6 is 0 Å². The van der Waals surface area contributed by atoms with E-state index in [1.54, 1.807) is 60.7 Å². The van der Waals surface area contributed by atoms with E-state index in [0.717, 1.165) is 0 Å². The third-order valence-electron chi connectivity index (χ3n) is 6.97. The maximum Gasteiger partial charge on any atom is 0.270 e. The van der Waals surface area contributed by atoms with Crippen LogP contribution in [0.5, 0.6) is 0 Å². The Kier molecular flexibility index (Phi) is 6.45. The lowest BCUT2D eigenvalue weighted by Gasteiger charge is -2.12. The largest absolute Gasteiger partial charge is 0.270 e. The van der Waals surface area contributed by atoms with Crippen LogP contribution in [0.4, 0.5) is 5.69 Å². The monoisotopic (exact) mass is 530 g/mol. The molecule has 0 bridgehead atoms. The van der Waals surface area contributed by atoms with Gasteiger partial charge < -0.3 is 0 Å². The number of fused-ring (bicyclic) bond motifs is 2. The smallest absolute Gasteiger partial charge is 0.238 e. The van der Waals surface area contributed by atoms with Crippen molar-refractivity contribution in [3.05, 3.63) is 134 Å². The van der Waals surface area contributed by atoms with Gasteiger partial charge in [-0.05, 0) is 52.1 Å². The van der Waals surface area contributed by atoms with Gasteiger partial charge in [0.05, 0.1) is 42.0 Å². The molecule has 3 aromatic rings. The molecule has 2 aliphatic rings. The second kappa shape index (κ2) is 10.4. The SMILES string of the molecule is [C-]#[N+]/C(C#N)=C1\C(c2ccc([N+]#[C-])cc2)=C(C#N)c2cc3c(cc21)C(=C(C#N)C#N)C(c1ccc(C#N)cc1)=C3C#N. The number of rotatable bonds is 2. The average Bonchev–Trinajstić information content (AvgIpc) is 3.53. The first-order valence-electron chi connectivity index (χ1n) is 12.0. The molecule has 0 saturated carbocycles. The molecular formula is C34H10N8. The van der Waals surface area contributed by atoms with Gasteiger partial charge in [-0.15, -0.1) is 0 Å². The molecule has 0 saturated heterocycles. The van der Waals surface area contributed by atoms with Gasteiger partial charge in [-0.25, -0.2) is 15.0 Å². The van der Waals surface area contributed by atoms with E-state index in [2.05, 4.69) is 21.8 Å². The molecule has 2 aliphatic carbocycles. The van der Waals surface area contributed by atoms with Crippen LogP contribution in [0.1, 0.15) is 38.9 Å². The first kappa shape index (κ1) is 26.2. The zero-order chi connectivity index (χ0) is 30.0. The Morgan fingerprint density at radius 3 is 1.52 bits per heavy atom. The number of benzene rings is 3. The molecule has 42 heavy (non-hydrogen) atoms. The second-order valence-electron chi connectivity index (χ2n) is 8.94. The fourth-order valence-corrected chi connectivity index (χ4v) is 5.22. The van der Waals surface area contributed by atoms with Crippen molar-refractivity contribution in [1.29, 1.82) is 31.6 Å². The van der Waals surface area contributed by atoms with E-state index in [1.165, 1.54) is 0 Å². The summed E-state index contributed by atoms with van der Waals surface area (Å²) in [6, 6.07) is 28.2. The number of nitriles is 6. The summed E-state index contributed by atoms with van der Waals surface area (Å²) in [5, 5.41) is 59.6. The van der Waals surface area contributed by atoms with Crippen molar-refractivity contribution in [3.63, 3.8) is 0 Å². The zero-order valence-corrected chi connectivity index (χ0v) is 21.4. The fraction of sp³-hybridized carbons (Fsp3) is 0. The van der Waals surface area contributed by atoms with Crippen LogP contribution in [0, 0.1) is 81.1 Å². The zero-order valence-electron chi connectivity index (χ0n) is 21.4. The van der Waals surface area contributed by atoms with Crippen molar-refractivity contribution in [2.24, 2.45) is 0 Å². The molecule has 0 aliphatic heterocycles. The summed E-state index contributed by atoms with van der Waals surface area (Å²) < 4.78 is 0. The van der Waals surface area contributed by atoms with E-state index in [-0.39, 0.29) is 33.6 Å². The Labute approximate surface area is 240 Å². The molecule has 0 atom stereocenters. The highest BCUT2D eigenvalue weighted by Crippen LogP contribution is 2.54. The van der Waals surface area contributed by atoms with E-state index in [9.17, 15) is 31.6 Å². The van der Waals surface area contributed by atoms with Crippen LogP contribution in [0.3, 0.4) is 0 Å². The molecule has 8 heteroatoms. The summed E-state index contributed by atoms with van der Waals surface area (Å²) in [5.74, 6) is 0. The number of hydrogen-bond donors (Lipinski definition) is 0. The molecule has 0 unspecified atom stereocenters. The topological polar surface area (TPSA) is 151 Å². The highest BCUT2D eigenvalue weighted by atomic mass is 14.7. The third-order valence-corrected chi connectivity index (χ3v) is 6.97. The molecule has 8 nitrogen and oxygen atoms in total. The van der Waals surface area contributed by atoms with Gasteiger partial charge in [0.1, 0.15) is 29.8 Å². The molecule has 186 valence electrons. The summed E-state index contributed by atoms with van der Waals surface area (Å²) in [5.41, 5.74) is 4.17. The number of allylic oxidation sites excluding steroid dienone is 8. The van der Waals surface area contributed by atoms with Gasteiger partial charge >= 0.3 is 0 Å². The first-order valence-corrected chi connectivity index (χ1v) is 12.0. The predicted molar refractivity (Wildman–Crippen MR) is 152 cm³/mol. The highest BCUT2D eigenvalue weighted by Gasteiger charge is 2.37. The van der Waals surface area contributed by atoms with Crippen LogP contribution in [0.2, 0.25) is 0 Å². The van der Waals surface area contributed by atoms with Gasteiger partial charge in [0.25, 0.3) is 5.70 Å². The Hall–Kier alpha value is -7.46. The maximum absolute atomic E-state index is 10.3. The van der Waals surface area contributed by atoms with Crippen molar-refractivity contribution >= 4 is 39.1 Å². The molecule has 0 fully saturated rings. The summed E-state index contributed by atoms with van der Waals surface area (Å²) in [6.07, 6.45) is 0. The van der Waals surface area contributed by atoms with Gasteiger partial charge in [0, 0.05) is 27.8 Å². The van der Waals surface area contributed by atoms with E-state index >= 15 is 0 Å². The Bertz CT molecular complexity index is 2040. The summed E-state index contributed by atoms with van der Waals surface area (Å²) in [7, 11) is 0. The number of hydrogen-bond acceptors (Lipinski definition) is 6. The van der Waals surface area contributed by atoms with E-state index in [0.29, 0.717) is 55.8 Å². The summed E-state index contributed by atoms with van der Waals surface area (Å²) in [4.78, 5) is 6.82. The van der Waals surface area contributed by atoms with E-state index in [4.69, 9.17) is 13.1 Å². The van der Waals surface area contributed by atoms with Crippen LogP contribution in [0.25, 0.3) is 43.1 Å². The molecular weight excluding hydrogens is 520 g/mol. The molecule has 0 heterocycles. The van der Waals surface area contributed by atoms with Crippen molar-refractivity contribution < 1.29 is 0 Å². The molecule has 0 spiro atoms. The van der Waals surface area contributed by atoms with Crippen LogP contribution in [0.15, 0.2) is 71.9 Å². The molecule has 0 N–H and O–H groups in total. The summed E-state index contributed by atoms with van der Waals surface area (Å²) in [6.45, 7) is 14.9. The molecule has 0 amide bonds. The Morgan fingerprint density at radius 1 is 0.571 bits per heavy atom. The minimum absolute atomic E-state index is 0.166. The van der Waals surface area contributed by atoms with Crippen molar-refractivity contribution in [2.75, 3.05) is 0 Å². The predicted octanol–water partition coefficient (Wildman–Crippen LogP) is 6.96. The lowest BCUT2D eigenvalue weighted by atomic mass is 9.90. The normalized spacial score (nSPS) is 13.6. The van der Waals surface area contributed by atoms with Crippen LogP contribution < -0.4 is 0 Å². The fourth-order valence-electron chi connectivity index (χ4n) is 5.22. The highest BCUT2D eigenvalue weighted by molar-refractivity contribution is 6.29. The minimum Gasteiger partial charge on any atom is -0.238 e. The number of nitrogens with zero attached hydrogens (tertiary/aromatic N) is 8. The third kappa shape index (κ3) is 3.78. The van der Waals surface area contributed by atoms with Gasteiger partial charge in [0.2, 0.25) is 0 Å². The Morgan fingerprint density at radius 2 is 1.07 bits per heavy atom. The van der Waals surface area contributed by atoms with Crippen LogP contribution in [-0.4, -0.2) is 0 Å². The second-order valence-corrected chi connectivity index (χ2v) is 8.94. The van der Waals surface area contributed by atoms with Crippen molar-refractivity contribution in [1.82, 2.24) is 0 Å². The van der Waals surface area contributed by atoms with Gasteiger partial charge in [-0.1, -0.05) is 36.4 Å². The molecule has 0 radical (unpaired) electrons. The molecule has 3 aromatic carbocycles. The summed E-state index contributed by atoms with van der Waals surface area (Å²) >= 11 is 0. The van der Waals surface area contributed by atoms with Crippen molar-refractivity contribution in [2.45, 2.75) is 0 Å². The maximum atomic E-state index is 10.3. The standard InChI is InChI=1S/C34H10N8/c1-41-23-9-7-21(8-10-23)32-29(17-39)25-11-24-26(12-27(25)34(32)30(18-40)42-2)33(22(14-36)15-37)31(28(24)16-38)20-5-3-19(13-35)4-6-20/h3-12H/b34-30-. The first-order chi connectivity index (χ1) is 20.5.